The van der Waals surface area contributed by atoms with Crippen LogP contribution >= 0.6 is 0 Å². The summed E-state index contributed by atoms with van der Waals surface area (Å²) in [6.45, 7) is 13.2. The van der Waals surface area contributed by atoms with Crippen LogP contribution in [0, 0.1) is 23.7 Å². The Bertz CT molecular complexity index is 683. The molecule has 1 N–H and O–H groups in total. The Labute approximate surface area is 240 Å². The molecule has 0 amide bonds. The maximum absolute atomic E-state index is 10.9. The van der Waals surface area contributed by atoms with Gasteiger partial charge in [-0.15, -0.1) is 0 Å². The Hall–Kier alpha value is -0.780. The Morgan fingerprint density at radius 2 is 1.08 bits per heavy atom. The third-order valence-electron chi connectivity index (χ3n) is 11.0. The summed E-state index contributed by atoms with van der Waals surface area (Å²) >= 11 is 0. The van der Waals surface area contributed by atoms with E-state index in [4.69, 9.17) is 0 Å². The van der Waals surface area contributed by atoms with E-state index in [9.17, 15) is 9.59 Å². The van der Waals surface area contributed by atoms with Gasteiger partial charge in [-0.25, -0.2) is 0 Å². The maximum atomic E-state index is 10.9. The Morgan fingerprint density at radius 1 is 0.590 bits per heavy atom. The molecule has 5 atom stereocenters. The summed E-state index contributed by atoms with van der Waals surface area (Å²) in [7, 11) is 0. The molecule has 0 spiro atoms. The fourth-order valence-corrected chi connectivity index (χ4v) is 9.02. The highest BCUT2D eigenvalue weighted by atomic mass is 16.1. The molecule has 0 bridgehead atoms. The van der Waals surface area contributed by atoms with Gasteiger partial charge in [0.2, 0.25) is 0 Å². The third-order valence-corrected chi connectivity index (χ3v) is 11.0. The molecule has 0 aromatic carbocycles. The number of Topliss-reactive ketones (excluding diaryl/α,β-unsaturated/α-hetero) is 2. The molecule has 5 heteroatoms. The van der Waals surface area contributed by atoms with Gasteiger partial charge in [0.05, 0.1) is 0 Å². The first kappa shape index (κ1) is 31.2. The quantitative estimate of drug-likeness (QED) is 0.423. The van der Waals surface area contributed by atoms with E-state index in [2.05, 4.69) is 22.0 Å². The van der Waals surface area contributed by atoms with Gasteiger partial charge in [0.1, 0.15) is 11.6 Å². The molecule has 3 heterocycles. The Kier molecular flexibility index (Phi) is 12.8. The van der Waals surface area contributed by atoms with Crippen LogP contribution in [0.25, 0.3) is 0 Å². The molecule has 0 aromatic heterocycles. The van der Waals surface area contributed by atoms with Gasteiger partial charge >= 0.3 is 0 Å². The van der Waals surface area contributed by atoms with Gasteiger partial charge in [-0.3, -0.25) is 14.5 Å². The van der Waals surface area contributed by atoms with E-state index in [1.807, 2.05) is 13.8 Å². The van der Waals surface area contributed by atoms with Crippen LogP contribution in [0.5, 0.6) is 0 Å². The zero-order valence-electron chi connectivity index (χ0n) is 25.8. The normalized spacial score (nSPS) is 38.5. The van der Waals surface area contributed by atoms with Gasteiger partial charge in [-0.05, 0) is 128 Å². The van der Waals surface area contributed by atoms with Crippen molar-refractivity contribution in [3.8, 4) is 0 Å². The highest BCUT2D eigenvalue weighted by Gasteiger charge is 2.45. The van der Waals surface area contributed by atoms with Gasteiger partial charge < -0.3 is 10.2 Å². The second-order valence-corrected chi connectivity index (χ2v) is 13.7. The summed E-state index contributed by atoms with van der Waals surface area (Å²) < 4.78 is 0. The first-order valence-corrected chi connectivity index (χ1v) is 17.3. The molecule has 3 saturated heterocycles. The second-order valence-electron chi connectivity index (χ2n) is 13.7. The predicted molar refractivity (Wildman–Crippen MR) is 162 cm³/mol. The molecule has 0 radical (unpaired) electrons. The van der Waals surface area contributed by atoms with Crippen molar-refractivity contribution in [3.05, 3.63) is 0 Å². The van der Waals surface area contributed by atoms with Crippen LogP contribution in [-0.2, 0) is 9.59 Å². The predicted octanol–water partition coefficient (Wildman–Crippen LogP) is 6.63. The Morgan fingerprint density at radius 3 is 1.54 bits per heavy atom. The lowest BCUT2D eigenvalue weighted by Gasteiger charge is -2.39. The third kappa shape index (κ3) is 8.85. The second kappa shape index (κ2) is 16.0. The van der Waals surface area contributed by atoms with E-state index in [-0.39, 0.29) is 0 Å². The van der Waals surface area contributed by atoms with Crippen molar-refractivity contribution < 1.29 is 9.59 Å². The summed E-state index contributed by atoms with van der Waals surface area (Å²) in [5, 5.41) is 3.28. The van der Waals surface area contributed by atoms with E-state index in [1.54, 1.807) is 0 Å². The molecule has 4 saturated carbocycles. The summed E-state index contributed by atoms with van der Waals surface area (Å²) in [5.74, 6) is 3.72. The molecule has 7 fully saturated rings. The van der Waals surface area contributed by atoms with E-state index in [0.717, 1.165) is 30.0 Å². The van der Waals surface area contributed by atoms with Crippen molar-refractivity contribution in [2.24, 2.45) is 23.7 Å². The molecule has 3 aliphatic heterocycles. The van der Waals surface area contributed by atoms with E-state index in [0.29, 0.717) is 49.1 Å². The van der Waals surface area contributed by atoms with Crippen molar-refractivity contribution in [1.29, 1.82) is 0 Å². The van der Waals surface area contributed by atoms with Crippen LogP contribution in [0.4, 0.5) is 0 Å². The smallest absolute Gasteiger partial charge is 0.133 e. The van der Waals surface area contributed by atoms with Crippen LogP contribution < -0.4 is 5.32 Å². The minimum absolute atomic E-state index is 0.363. The van der Waals surface area contributed by atoms with Crippen molar-refractivity contribution in [3.63, 3.8) is 0 Å². The van der Waals surface area contributed by atoms with Crippen molar-refractivity contribution >= 4 is 11.6 Å². The van der Waals surface area contributed by atoms with Gasteiger partial charge in [0.15, 0.2) is 0 Å². The van der Waals surface area contributed by atoms with Crippen LogP contribution in [0.2, 0.25) is 0 Å². The van der Waals surface area contributed by atoms with Crippen molar-refractivity contribution in [2.45, 2.75) is 148 Å². The highest BCUT2D eigenvalue weighted by Crippen LogP contribution is 2.48. The lowest BCUT2D eigenvalue weighted by Crippen LogP contribution is -2.44. The van der Waals surface area contributed by atoms with Crippen LogP contribution in [0.3, 0.4) is 0 Å². The number of nitrogens with zero attached hydrogens (tertiary/aromatic N) is 2. The van der Waals surface area contributed by atoms with E-state index >= 15 is 0 Å². The van der Waals surface area contributed by atoms with Gasteiger partial charge in [0.25, 0.3) is 0 Å². The number of hydrogen-bond donors (Lipinski definition) is 1. The summed E-state index contributed by atoms with van der Waals surface area (Å²) in [4.78, 5) is 27.4. The lowest BCUT2D eigenvalue weighted by molar-refractivity contribution is -0.119. The molecule has 7 aliphatic rings. The number of fused-ring (bicyclic) bond motifs is 2. The van der Waals surface area contributed by atoms with Crippen molar-refractivity contribution in [1.82, 2.24) is 15.1 Å². The van der Waals surface area contributed by atoms with Crippen LogP contribution in [0.1, 0.15) is 130 Å². The van der Waals surface area contributed by atoms with Crippen LogP contribution in [0.15, 0.2) is 0 Å². The topological polar surface area (TPSA) is 52.6 Å². The number of nitrogens with one attached hydrogen (secondary N) is 1. The molecule has 224 valence electrons. The number of carbonyl (C=O) groups excluding carboxylic acids is 2. The zero-order valence-corrected chi connectivity index (χ0v) is 25.8. The number of hydrogen-bond acceptors (Lipinski definition) is 5. The molecular formula is C34H61N3O2. The molecular weight excluding hydrogens is 482 g/mol. The summed E-state index contributed by atoms with van der Waals surface area (Å²) in [6, 6.07) is 2.76. The molecule has 2 unspecified atom stereocenters. The standard InChI is InChI=1S/C19H34N2.C8H10O2.C5H11N.C2H6/c1-15-7-3-6-10-21(15)19-13-16-11-18(12-17(16)14-19)20-8-4-2-5-9-20;9-7-1-5-2-8(10)4-6(5)3-7;1-2-4-6-5-3-1;1-2/h15-19H,2-14H2,1H3;5-6H,1-4H2;6H,1-5H2;1-2H3/t15-,16-,17+,18?,19?;;;/m0.../s1. The SMILES string of the molecule is C1CCNCC1.CC.C[C@H]1CCCCN1C1C[C@H]2CC(N3CCCCC3)C[C@H]2C1.O=C1CC2CC(=O)CC2C1. The number of rotatable bonds is 2. The van der Waals surface area contributed by atoms with E-state index < -0.39 is 0 Å². The largest absolute Gasteiger partial charge is 0.317 e. The van der Waals surface area contributed by atoms with Gasteiger partial charge in [0, 0.05) is 43.8 Å². The average molecular weight is 544 g/mol. The zero-order chi connectivity index (χ0) is 27.6. The summed E-state index contributed by atoms with van der Waals surface area (Å²) in [5.41, 5.74) is 0. The van der Waals surface area contributed by atoms with Crippen LogP contribution in [-0.4, -0.2) is 72.2 Å². The molecule has 4 aliphatic carbocycles. The molecule has 39 heavy (non-hydrogen) atoms. The van der Waals surface area contributed by atoms with E-state index in [1.165, 1.54) is 116 Å². The first-order valence-electron chi connectivity index (χ1n) is 17.3. The Balaban J connectivity index is 0.000000161. The van der Waals surface area contributed by atoms with Gasteiger partial charge in [-0.2, -0.15) is 0 Å². The number of piperidine rings is 3. The molecule has 5 nitrogen and oxygen atoms in total. The monoisotopic (exact) mass is 543 g/mol. The minimum atomic E-state index is 0.363. The number of ketones is 2. The number of carbonyl (C=O) groups is 2. The molecule has 7 rings (SSSR count). The average Bonchev–Trinajstić information content (AvgIpc) is 3.72. The highest BCUT2D eigenvalue weighted by molar-refractivity contribution is 5.88. The first-order chi connectivity index (χ1) is 19.1. The minimum Gasteiger partial charge on any atom is -0.317 e. The van der Waals surface area contributed by atoms with Crippen molar-refractivity contribution in [2.75, 3.05) is 32.7 Å². The summed E-state index contributed by atoms with van der Waals surface area (Å²) in [6.07, 6.45) is 21.8. The number of likely N-dealkylation sites (tertiary alicyclic amines) is 2. The maximum Gasteiger partial charge on any atom is 0.133 e. The fourth-order valence-electron chi connectivity index (χ4n) is 9.02. The molecule has 0 aromatic rings. The van der Waals surface area contributed by atoms with Gasteiger partial charge in [-0.1, -0.05) is 33.1 Å². The fraction of sp³-hybridized carbons (Fsp3) is 0.941. The lowest BCUT2D eigenvalue weighted by atomic mass is 9.98.